The minimum absolute atomic E-state index is 0.290. The van der Waals surface area contributed by atoms with Crippen molar-refractivity contribution in [2.75, 3.05) is 13.2 Å². The summed E-state index contributed by atoms with van der Waals surface area (Å²) >= 11 is 0. The molecule has 148 valence electrons. The lowest BCUT2D eigenvalue weighted by Gasteiger charge is -2.15. The summed E-state index contributed by atoms with van der Waals surface area (Å²) in [6, 6.07) is 8.09. The van der Waals surface area contributed by atoms with Crippen molar-refractivity contribution < 1.29 is 27.1 Å². The van der Waals surface area contributed by atoms with Gasteiger partial charge in [-0.05, 0) is 37.1 Å². The molecule has 0 saturated heterocycles. The third kappa shape index (κ3) is 6.67. The van der Waals surface area contributed by atoms with Crippen LogP contribution < -0.4 is 5.32 Å². The van der Waals surface area contributed by atoms with Crippen LogP contribution in [0.5, 0.6) is 0 Å². The van der Waals surface area contributed by atoms with E-state index in [9.17, 15) is 22.4 Å². The van der Waals surface area contributed by atoms with E-state index in [1.54, 1.807) is 22.9 Å². The van der Waals surface area contributed by atoms with Crippen molar-refractivity contribution in [3.05, 3.63) is 53.3 Å². The van der Waals surface area contributed by atoms with E-state index in [0.29, 0.717) is 30.6 Å². The maximum absolute atomic E-state index is 12.8. The highest BCUT2D eigenvalue weighted by Crippen LogP contribution is 2.23. The Hall–Kier alpha value is -2.42. The number of hydrogen-bond acceptors (Lipinski definition) is 3. The van der Waals surface area contributed by atoms with Crippen LogP contribution >= 0.6 is 0 Å². The van der Waals surface area contributed by atoms with Gasteiger partial charge in [-0.3, -0.25) is 9.48 Å². The maximum atomic E-state index is 12.8. The van der Waals surface area contributed by atoms with Gasteiger partial charge >= 0.3 is 12.3 Å². The first-order chi connectivity index (χ1) is 12.8. The zero-order chi connectivity index (χ0) is 19.9. The van der Waals surface area contributed by atoms with Gasteiger partial charge in [0.05, 0.1) is 12.3 Å². The van der Waals surface area contributed by atoms with Gasteiger partial charge in [-0.2, -0.15) is 13.9 Å². The molecule has 1 N–H and O–H groups in total. The molecule has 0 unspecified atom stereocenters. The Kier molecular flexibility index (Phi) is 7.35. The van der Waals surface area contributed by atoms with Crippen molar-refractivity contribution in [3.63, 3.8) is 0 Å². The molecule has 0 radical (unpaired) electrons. The van der Waals surface area contributed by atoms with E-state index in [1.807, 2.05) is 19.2 Å². The van der Waals surface area contributed by atoms with Gasteiger partial charge in [-0.1, -0.05) is 12.1 Å². The number of ether oxygens (including phenoxy) is 1. The first-order valence-electron chi connectivity index (χ1n) is 8.39. The van der Waals surface area contributed by atoms with Crippen LogP contribution in [-0.2, 0) is 17.9 Å². The fourth-order valence-corrected chi connectivity index (χ4v) is 2.30. The second-order valence-corrected chi connectivity index (χ2v) is 6.08. The number of carbonyl (C=O) groups is 1. The van der Waals surface area contributed by atoms with Crippen molar-refractivity contribution in [2.45, 2.75) is 38.8 Å². The molecule has 27 heavy (non-hydrogen) atoms. The molecule has 0 bridgehead atoms. The molecule has 2 rings (SSSR count). The first-order valence-corrected chi connectivity index (χ1v) is 8.39. The Morgan fingerprint density at radius 3 is 2.78 bits per heavy atom. The van der Waals surface area contributed by atoms with Crippen molar-refractivity contribution in [1.29, 1.82) is 0 Å². The molecule has 0 saturated carbocycles. The van der Waals surface area contributed by atoms with Crippen molar-refractivity contribution in [2.24, 2.45) is 0 Å². The number of amides is 1. The quantitative estimate of drug-likeness (QED) is 0.502. The molecule has 2 aromatic rings. The minimum atomic E-state index is -4.19. The Balaban J connectivity index is 1.77. The third-order valence-corrected chi connectivity index (χ3v) is 3.70. The lowest BCUT2D eigenvalue weighted by Crippen LogP contribution is -2.32. The number of halogens is 4. The van der Waals surface area contributed by atoms with Crippen LogP contribution in [0, 0.1) is 6.92 Å². The summed E-state index contributed by atoms with van der Waals surface area (Å²) in [4.78, 5) is 12.1. The topological polar surface area (TPSA) is 56.2 Å². The number of alkyl halides is 4. The average molecular weight is 387 g/mol. The van der Waals surface area contributed by atoms with E-state index in [4.69, 9.17) is 0 Å². The monoisotopic (exact) mass is 387 g/mol. The largest absolute Gasteiger partial charge is 0.370 e. The number of benzene rings is 1. The van der Waals surface area contributed by atoms with E-state index >= 15 is 0 Å². The van der Waals surface area contributed by atoms with Gasteiger partial charge in [0.25, 0.3) is 5.91 Å². The normalized spacial score (nSPS) is 11.8. The van der Waals surface area contributed by atoms with E-state index in [1.165, 1.54) is 6.07 Å². The molecule has 1 amide bonds. The van der Waals surface area contributed by atoms with Crippen LogP contribution in [0.15, 0.2) is 36.5 Å². The highest BCUT2D eigenvalue weighted by atomic mass is 19.3. The first kappa shape index (κ1) is 20.9. The summed E-state index contributed by atoms with van der Waals surface area (Å²) in [7, 11) is 0. The molecule has 0 aliphatic rings. The Bertz CT molecular complexity index is 750. The SMILES string of the molecule is Cc1ccn(CCCNC(=O)c2cccc(COCC(F)(F)C(F)F)c2)n1. The van der Waals surface area contributed by atoms with Crippen LogP contribution in [0.25, 0.3) is 0 Å². The number of aromatic nitrogens is 2. The predicted molar refractivity (Wildman–Crippen MR) is 91.0 cm³/mol. The minimum Gasteiger partial charge on any atom is -0.370 e. The summed E-state index contributed by atoms with van der Waals surface area (Å²) in [5.74, 6) is -4.51. The van der Waals surface area contributed by atoms with Crippen LogP contribution in [0.2, 0.25) is 0 Å². The van der Waals surface area contributed by atoms with E-state index in [-0.39, 0.29) is 12.5 Å². The van der Waals surface area contributed by atoms with Crippen LogP contribution in [0.4, 0.5) is 17.6 Å². The molecule has 9 heteroatoms. The van der Waals surface area contributed by atoms with E-state index in [0.717, 1.165) is 5.69 Å². The fourth-order valence-electron chi connectivity index (χ4n) is 2.30. The van der Waals surface area contributed by atoms with Gasteiger partial charge in [-0.25, -0.2) is 8.78 Å². The van der Waals surface area contributed by atoms with Crippen LogP contribution in [-0.4, -0.2) is 41.2 Å². The molecule has 1 heterocycles. The molecule has 0 atom stereocenters. The molecule has 1 aromatic carbocycles. The molecule has 0 aliphatic heterocycles. The fraction of sp³-hybridized carbons (Fsp3) is 0.444. The number of carbonyl (C=O) groups excluding carboxylic acids is 1. The summed E-state index contributed by atoms with van der Waals surface area (Å²) in [5, 5.41) is 7.00. The molecule has 5 nitrogen and oxygen atoms in total. The van der Waals surface area contributed by atoms with Crippen molar-refractivity contribution in [1.82, 2.24) is 15.1 Å². The van der Waals surface area contributed by atoms with E-state index < -0.39 is 19.0 Å². The van der Waals surface area contributed by atoms with Gasteiger partial charge in [0.15, 0.2) is 0 Å². The van der Waals surface area contributed by atoms with E-state index in [2.05, 4.69) is 15.2 Å². The Morgan fingerprint density at radius 2 is 2.11 bits per heavy atom. The molecule has 1 aromatic heterocycles. The standard InChI is InChI=1S/C18H21F4N3O2/c1-13-6-9-25(24-13)8-3-7-23-16(26)15-5-2-4-14(10-15)11-27-12-18(21,22)17(19)20/h2,4-6,9-10,17H,3,7-8,11-12H2,1H3,(H,23,26). The van der Waals surface area contributed by atoms with Gasteiger partial charge in [0.1, 0.15) is 6.61 Å². The molecule has 0 aliphatic carbocycles. The molecule has 0 spiro atoms. The zero-order valence-corrected chi connectivity index (χ0v) is 14.8. The van der Waals surface area contributed by atoms with Gasteiger partial charge in [-0.15, -0.1) is 0 Å². The third-order valence-electron chi connectivity index (χ3n) is 3.70. The number of hydrogen-bond donors (Lipinski definition) is 1. The van der Waals surface area contributed by atoms with Gasteiger partial charge in [0.2, 0.25) is 0 Å². The number of rotatable bonds is 10. The average Bonchev–Trinajstić information content (AvgIpc) is 3.04. The van der Waals surface area contributed by atoms with Crippen molar-refractivity contribution >= 4 is 5.91 Å². The Labute approximate surface area is 154 Å². The van der Waals surface area contributed by atoms with Crippen molar-refractivity contribution in [3.8, 4) is 0 Å². The molecular weight excluding hydrogens is 366 g/mol. The number of nitrogens with zero attached hydrogens (tertiary/aromatic N) is 2. The Morgan fingerprint density at radius 1 is 1.33 bits per heavy atom. The van der Waals surface area contributed by atoms with Crippen LogP contribution in [0.3, 0.4) is 0 Å². The summed E-state index contributed by atoms with van der Waals surface area (Å²) in [5.41, 5.74) is 1.70. The number of aryl methyl sites for hydroxylation is 2. The second-order valence-electron chi connectivity index (χ2n) is 6.08. The van der Waals surface area contributed by atoms with Gasteiger partial charge < -0.3 is 10.1 Å². The second kappa shape index (κ2) is 9.50. The predicted octanol–water partition coefficient (Wildman–Crippen LogP) is 3.43. The maximum Gasteiger partial charge on any atom is 0.330 e. The highest BCUT2D eigenvalue weighted by Gasteiger charge is 2.40. The highest BCUT2D eigenvalue weighted by molar-refractivity contribution is 5.94. The summed E-state index contributed by atoms with van der Waals surface area (Å²) < 4.78 is 56.2. The van der Waals surface area contributed by atoms with Gasteiger partial charge in [0, 0.05) is 24.8 Å². The smallest absolute Gasteiger partial charge is 0.330 e. The van der Waals surface area contributed by atoms with Crippen LogP contribution in [0.1, 0.15) is 28.0 Å². The molecular formula is C18H21F4N3O2. The lowest BCUT2D eigenvalue weighted by atomic mass is 10.1. The molecule has 0 fully saturated rings. The summed E-state index contributed by atoms with van der Waals surface area (Å²) in [6.07, 6.45) is -1.23. The zero-order valence-electron chi connectivity index (χ0n) is 14.8. The number of nitrogens with one attached hydrogen (secondary N) is 1. The summed E-state index contributed by atoms with van der Waals surface area (Å²) in [6.45, 7) is 1.33. The lowest BCUT2D eigenvalue weighted by molar-refractivity contribution is -0.168.